The quantitative estimate of drug-likeness (QED) is 0.681. The van der Waals surface area contributed by atoms with Crippen LogP contribution in [0.2, 0.25) is 0 Å². The van der Waals surface area contributed by atoms with Gasteiger partial charge in [0, 0.05) is 17.7 Å². The second-order valence-electron chi connectivity index (χ2n) is 2.73. The molecule has 15 heavy (non-hydrogen) atoms. The molecule has 0 amide bonds. The number of hydrogen-bond acceptors (Lipinski definition) is 4. The molecule has 0 saturated carbocycles. The number of nitriles is 1. The molecule has 1 aliphatic rings. The van der Waals surface area contributed by atoms with Crippen LogP contribution in [0.5, 0.6) is 0 Å². The molecule has 5 heteroatoms. The fourth-order valence-electron chi connectivity index (χ4n) is 1.21. The molecular formula is C10H9ClN4. The SMILES string of the molecule is C=N/C(N)=C1/C=C(Cl)C=C(C#N)/C1=N/C. The standard InChI is InChI=1S/C10H9ClN4/c1-14-9-6(5-12)3-7(11)4-8(9)10(13)15-2/h3-4H,2,13H2,1H3/b10-8-,14-9-. The van der Waals surface area contributed by atoms with Crippen molar-refractivity contribution in [1.82, 2.24) is 0 Å². The van der Waals surface area contributed by atoms with Crippen molar-refractivity contribution in [3.63, 3.8) is 0 Å². The van der Waals surface area contributed by atoms with Gasteiger partial charge in [-0.25, -0.2) is 4.99 Å². The van der Waals surface area contributed by atoms with E-state index in [1.165, 1.54) is 6.08 Å². The molecule has 2 N–H and O–H groups in total. The summed E-state index contributed by atoms with van der Waals surface area (Å²) in [7, 11) is 1.57. The third-order valence-electron chi connectivity index (χ3n) is 1.87. The zero-order chi connectivity index (χ0) is 11.4. The van der Waals surface area contributed by atoms with Crippen molar-refractivity contribution in [2.24, 2.45) is 15.7 Å². The first kappa shape index (κ1) is 11.2. The summed E-state index contributed by atoms with van der Waals surface area (Å²) in [4.78, 5) is 7.58. The van der Waals surface area contributed by atoms with Crippen molar-refractivity contribution in [3.8, 4) is 6.07 Å². The van der Waals surface area contributed by atoms with E-state index in [0.717, 1.165) is 0 Å². The lowest BCUT2D eigenvalue weighted by Crippen LogP contribution is -2.13. The number of halogens is 1. The first-order chi connectivity index (χ1) is 7.13. The Morgan fingerprint density at radius 1 is 1.60 bits per heavy atom. The van der Waals surface area contributed by atoms with Crippen molar-refractivity contribution in [3.05, 3.63) is 34.2 Å². The Hall–Kier alpha value is -1.86. The lowest BCUT2D eigenvalue weighted by atomic mass is 9.98. The molecule has 0 fully saturated rings. The summed E-state index contributed by atoms with van der Waals surface area (Å²) in [5.74, 6) is 0.203. The van der Waals surface area contributed by atoms with E-state index in [9.17, 15) is 0 Å². The summed E-state index contributed by atoms with van der Waals surface area (Å²) in [5, 5.41) is 9.31. The maximum atomic E-state index is 8.89. The first-order valence-electron chi connectivity index (χ1n) is 4.07. The Morgan fingerprint density at radius 2 is 2.27 bits per heavy atom. The van der Waals surface area contributed by atoms with Gasteiger partial charge in [0.15, 0.2) is 0 Å². The highest BCUT2D eigenvalue weighted by Crippen LogP contribution is 2.23. The van der Waals surface area contributed by atoms with Crippen molar-refractivity contribution in [1.29, 1.82) is 5.26 Å². The smallest absolute Gasteiger partial charge is 0.132 e. The van der Waals surface area contributed by atoms with E-state index in [1.54, 1.807) is 13.1 Å². The minimum Gasteiger partial charge on any atom is -0.383 e. The number of rotatable bonds is 1. The predicted molar refractivity (Wildman–Crippen MR) is 61.8 cm³/mol. The van der Waals surface area contributed by atoms with Crippen LogP contribution < -0.4 is 5.73 Å². The van der Waals surface area contributed by atoms with E-state index in [-0.39, 0.29) is 5.82 Å². The van der Waals surface area contributed by atoms with Crippen molar-refractivity contribution in [2.75, 3.05) is 7.05 Å². The molecule has 0 aliphatic heterocycles. The number of nitrogens with two attached hydrogens (primary N) is 1. The summed E-state index contributed by atoms with van der Waals surface area (Å²) in [6.45, 7) is 3.32. The van der Waals surface area contributed by atoms with Gasteiger partial charge in [0.1, 0.15) is 11.9 Å². The second-order valence-corrected chi connectivity index (χ2v) is 3.16. The molecule has 4 nitrogen and oxygen atoms in total. The fourth-order valence-corrected chi connectivity index (χ4v) is 1.42. The van der Waals surface area contributed by atoms with Gasteiger partial charge >= 0.3 is 0 Å². The number of nitrogens with zero attached hydrogens (tertiary/aromatic N) is 3. The number of allylic oxidation sites excluding steroid dienone is 5. The average Bonchev–Trinajstić information content (AvgIpc) is 2.26. The van der Waals surface area contributed by atoms with Gasteiger partial charge in [-0.15, -0.1) is 0 Å². The van der Waals surface area contributed by atoms with Crippen molar-refractivity contribution >= 4 is 24.0 Å². The average molecular weight is 221 g/mol. The van der Waals surface area contributed by atoms with E-state index >= 15 is 0 Å². The van der Waals surface area contributed by atoms with Crippen LogP contribution in [-0.2, 0) is 0 Å². The molecule has 1 rings (SSSR count). The van der Waals surface area contributed by atoms with Gasteiger partial charge in [0.05, 0.1) is 11.3 Å². The Bertz CT molecular complexity index is 460. The predicted octanol–water partition coefficient (Wildman–Crippen LogP) is 1.51. The normalized spacial score (nSPS) is 21.5. The highest BCUT2D eigenvalue weighted by atomic mass is 35.5. The molecule has 0 spiro atoms. The summed E-state index contributed by atoms with van der Waals surface area (Å²) in [6, 6.07) is 2.00. The van der Waals surface area contributed by atoms with Crippen LogP contribution in [0.4, 0.5) is 0 Å². The third-order valence-corrected chi connectivity index (χ3v) is 2.08. The third kappa shape index (κ3) is 2.14. The first-order valence-corrected chi connectivity index (χ1v) is 4.44. The number of aliphatic imine (C=N–C) groups is 2. The largest absolute Gasteiger partial charge is 0.383 e. The Balaban J connectivity index is 3.42. The van der Waals surface area contributed by atoms with Crippen LogP contribution in [0.25, 0.3) is 0 Å². The molecule has 0 aromatic carbocycles. The summed E-state index contributed by atoms with van der Waals surface area (Å²) >= 11 is 5.84. The second kappa shape index (κ2) is 4.58. The number of hydrogen-bond donors (Lipinski definition) is 1. The van der Waals surface area contributed by atoms with E-state index in [4.69, 9.17) is 22.6 Å². The van der Waals surface area contributed by atoms with Gasteiger partial charge in [-0.2, -0.15) is 5.26 Å². The van der Waals surface area contributed by atoms with E-state index < -0.39 is 0 Å². The highest BCUT2D eigenvalue weighted by Gasteiger charge is 2.18. The molecule has 1 aliphatic carbocycles. The van der Waals surface area contributed by atoms with Crippen LogP contribution in [0.3, 0.4) is 0 Å². The maximum Gasteiger partial charge on any atom is 0.132 e. The Morgan fingerprint density at radius 3 is 2.73 bits per heavy atom. The molecule has 0 aromatic rings. The van der Waals surface area contributed by atoms with E-state index in [0.29, 0.717) is 21.9 Å². The van der Waals surface area contributed by atoms with Gasteiger partial charge in [0.2, 0.25) is 0 Å². The highest BCUT2D eigenvalue weighted by molar-refractivity contribution is 6.34. The molecule has 0 heterocycles. The maximum absolute atomic E-state index is 8.89. The van der Waals surface area contributed by atoms with Gasteiger partial charge in [-0.05, 0) is 18.9 Å². The molecule has 0 unspecified atom stereocenters. The van der Waals surface area contributed by atoms with Crippen LogP contribution in [-0.4, -0.2) is 19.5 Å². The zero-order valence-corrected chi connectivity index (χ0v) is 8.91. The van der Waals surface area contributed by atoms with Gasteiger partial charge in [0.25, 0.3) is 0 Å². The van der Waals surface area contributed by atoms with E-state index in [2.05, 4.69) is 16.7 Å². The van der Waals surface area contributed by atoms with E-state index in [1.807, 2.05) is 6.07 Å². The minimum absolute atomic E-state index is 0.203. The van der Waals surface area contributed by atoms with Gasteiger partial charge in [-0.3, -0.25) is 4.99 Å². The zero-order valence-electron chi connectivity index (χ0n) is 8.16. The molecular weight excluding hydrogens is 212 g/mol. The summed E-state index contributed by atoms with van der Waals surface area (Å²) < 4.78 is 0. The molecule has 0 atom stereocenters. The van der Waals surface area contributed by atoms with Gasteiger partial charge in [-0.1, -0.05) is 11.6 Å². The minimum atomic E-state index is 0.203. The monoisotopic (exact) mass is 220 g/mol. The van der Waals surface area contributed by atoms with Gasteiger partial charge < -0.3 is 5.73 Å². The van der Waals surface area contributed by atoms with Crippen LogP contribution in [0.1, 0.15) is 0 Å². The molecule has 0 aromatic heterocycles. The van der Waals surface area contributed by atoms with Crippen molar-refractivity contribution < 1.29 is 0 Å². The molecule has 76 valence electrons. The van der Waals surface area contributed by atoms with Crippen LogP contribution in [0.15, 0.2) is 44.1 Å². The Kier molecular flexibility index (Phi) is 3.42. The molecule has 0 radical (unpaired) electrons. The topological polar surface area (TPSA) is 74.5 Å². The summed E-state index contributed by atoms with van der Waals surface area (Å²) in [6.07, 6.45) is 3.14. The fraction of sp³-hybridized carbons (Fsp3) is 0.100. The molecule has 0 bridgehead atoms. The lowest BCUT2D eigenvalue weighted by Gasteiger charge is -2.12. The van der Waals surface area contributed by atoms with Crippen LogP contribution in [0, 0.1) is 11.3 Å². The lowest BCUT2D eigenvalue weighted by molar-refractivity contribution is 1.23. The summed E-state index contributed by atoms with van der Waals surface area (Å²) in [5.41, 5.74) is 6.99. The Labute approximate surface area is 92.8 Å². The van der Waals surface area contributed by atoms with Crippen molar-refractivity contribution in [2.45, 2.75) is 0 Å². The van der Waals surface area contributed by atoms with Crippen LogP contribution >= 0.6 is 11.6 Å². The molecule has 0 saturated heterocycles.